The molecule has 0 saturated carbocycles. The van der Waals surface area contributed by atoms with Gasteiger partial charge in [-0.2, -0.15) is 0 Å². The van der Waals surface area contributed by atoms with E-state index in [1.807, 2.05) is 13.8 Å². The van der Waals surface area contributed by atoms with Gasteiger partial charge in [-0.05, 0) is 12.3 Å². The Hall–Kier alpha value is -1.11. The van der Waals surface area contributed by atoms with Crippen LogP contribution in [0.15, 0.2) is 0 Å². The van der Waals surface area contributed by atoms with Crippen molar-refractivity contribution >= 4 is 21.7 Å². The van der Waals surface area contributed by atoms with Gasteiger partial charge in [-0.25, -0.2) is 8.42 Å². The SMILES string of the molecule is CC(C)C[C@@H]1C(=O)NCCN1C(=O)CCS(C)(=O)=O. The van der Waals surface area contributed by atoms with E-state index >= 15 is 0 Å². The molecule has 2 amide bonds. The molecule has 1 heterocycles. The van der Waals surface area contributed by atoms with E-state index in [-0.39, 0.29) is 24.0 Å². The number of nitrogens with one attached hydrogen (secondary N) is 1. The third kappa shape index (κ3) is 5.18. The van der Waals surface area contributed by atoms with Crippen LogP contribution < -0.4 is 5.32 Å². The number of carbonyl (C=O) groups excluding carboxylic acids is 2. The number of rotatable bonds is 5. The maximum Gasteiger partial charge on any atom is 0.242 e. The highest BCUT2D eigenvalue weighted by atomic mass is 32.2. The quantitative estimate of drug-likeness (QED) is 0.759. The summed E-state index contributed by atoms with van der Waals surface area (Å²) in [4.78, 5) is 25.4. The molecule has 1 aliphatic rings. The number of amides is 2. The second kappa shape index (κ2) is 6.36. The first kappa shape index (κ1) is 15.9. The van der Waals surface area contributed by atoms with E-state index in [0.717, 1.165) is 6.26 Å². The maximum absolute atomic E-state index is 12.1. The fourth-order valence-corrected chi connectivity index (χ4v) is 2.66. The normalized spacial score (nSPS) is 20.5. The van der Waals surface area contributed by atoms with Crippen LogP contribution in [-0.2, 0) is 19.4 Å². The van der Waals surface area contributed by atoms with Gasteiger partial charge in [0, 0.05) is 25.8 Å². The lowest BCUT2D eigenvalue weighted by molar-refractivity contribution is -0.143. The largest absolute Gasteiger partial charge is 0.353 e. The summed E-state index contributed by atoms with van der Waals surface area (Å²) in [6, 6.07) is -0.471. The van der Waals surface area contributed by atoms with Crippen LogP contribution in [0.3, 0.4) is 0 Å². The summed E-state index contributed by atoms with van der Waals surface area (Å²) in [5.41, 5.74) is 0. The Kier molecular flexibility index (Phi) is 5.34. The lowest BCUT2D eigenvalue weighted by Gasteiger charge is -2.36. The Morgan fingerprint density at radius 2 is 2.11 bits per heavy atom. The molecule has 0 aromatic heterocycles. The number of carbonyl (C=O) groups is 2. The third-order valence-electron chi connectivity index (χ3n) is 3.03. The van der Waals surface area contributed by atoms with E-state index in [9.17, 15) is 18.0 Å². The standard InChI is InChI=1S/C12H22N2O4S/c1-9(2)8-10-12(16)13-5-6-14(10)11(15)4-7-19(3,17)18/h9-10H,4-8H2,1-3H3,(H,13,16)/t10-/m1/s1. The van der Waals surface area contributed by atoms with Crippen molar-refractivity contribution in [2.24, 2.45) is 5.92 Å². The molecule has 0 bridgehead atoms. The fourth-order valence-electron chi connectivity index (χ4n) is 2.11. The highest BCUT2D eigenvalue weighted by Gasteiger charge is 2.33. The van der Waals surface area contributed by atoms with Crippen LogP contribution in [0.2, 0.25) is 0 Å². The molecular formula is C12H22N2O4S. The van der Waals surface area contributed by atoms with Crippen LogP contribution in [0.1, 0.15) is 26.7 Å². The van der Waals surface area contributed by atoms with Crippen LogP contribution in [0, 0.1) is 5.92 Å². The van der Waals surface area contributed by atoms with Crippen LogP contribution in [0.4, 0.5) is 0 Å². The zero-order valence-corrected chi connectivity index (χ0v) is 12.5. The minimum atomic E-state index is -3.16. The van der Waals surface area contributed by atoms with Gasteiger partial charge in [0.1, 0.15) is 15.9 Å². The first-order valence-electron chi connectivity index (χ1n) is 6.45. The van der Waals surface area contributed by atoms with Crippen molar-refractivity contribution in [2.45, 2.75) is 32.7 Å². The molecule has 0 spiro atoms. The first-order valence-corrected chi connectivity index (χ1v) is 8.51. The zero-order chi connectivity index (χ0) is 14.6. The Morgan fingerprint density at radius 1 is 1.47 bits per heavy atom. The zero-order valence-electron chi connectivity index (χ0n) is 11.7. The Labute approximate surface area is 114 Å². The second-order valence-corrected chi connectivity index (χ2v) is 7.66. The van der Waals surface area contributed by atoms with Crippen molar-refractivity contribution in [2.75, 3.05) is 25.1 Å². The van der Waals surface area contributed by atoms with Crippen molar-refractivity contribution in [3.63, 3.8) is 0 Å². The number of piperazine rings is 1. The van der Waals surface area contributed by atoms with Gasteiger partial charge in [-0.15, -0.1) is 0 Å². The van der Waals surface area contributed by atoms with E-state index in [2.05, 4.69) is 5.32 Å². The van der Waals surface area contributed by atoms with Crippen molar-refractivity contribution in [3.05, 3.63) is 0 Å². The van der Waals surface area contributed by atoms with Crippen molar-refractivity contribution in [1.29, 1.82) is 0 Å². The van der Waals surface area contributed by atoms with Crippen molar-refractivity contribution in [1.82, 2.24) is 10.2 Å². The molecule has 6 nitrogen and oxygen atoms in total. The average molecular weight is 290 g/mol. The van der Waals surface area contributed by atoms with Gasteiger partial charge in [0.2, 0.25) is 11.8 Å². The molecule has 1 atom stereocenters. The van der Waals surface area contributed by atoms with Gasteiger partial charge in [0.25, 0.3) is 0 Å². The Balaban J connectivity index is 2.71. The van der Waals surface area contributed by atoms with Gasteiger partial charge in [0.15, 0.2) is 0 Å². The second-order valence-electron chi connectivity index (χ2n) is 5.40. The molecule has 1 fully saturated rings. The summed E-state index contributed by atoms with van der Waals surface area (Å²) in [5.74, 6) is -0.282. The molecule has 0 radical (unpaired) electrons. The van der Waals surface area contributed by atoms with Crippen molar-refractivity contribution < 1.29 is 18.0 Å². The van der Waals surface area contributed by atoms with E-state index in [1.165, 1.54) is 4.90 Å². The van der Waals surface area contributed by atoms with Crippen LogP contribution in [-0.4, -0.2) is 56.3 Å². The van der Waals surface area contributed by atoms with Crippen LogP contribution >= 0.6 is 0 Å². The smallest absolute Gasteiger partial charge is 0.242 e. The summed E-state index contributed by atoms with van der Waals surface area (Å²) in [5, 5.41) is 2.74. The summed E-state index contributed by atoms with van der Waals surface area (Å²) < 4.78 is 22.2. The summed E-state index contributed by atoms with van der Waals surface area (Å²) in [7, 11) is -3.16. The molecule has 110 valence electrons. The molecular weight excluding hydrogens is 268 g/mol. The highest BCUT2D eigenvalue weighted by Crippen LogP contribution is 2.15. The van der Waals surface area contributed by atoms with Crippen LogP contribution in [0.5, 0.6) is 0 Å². The number of nitrogens with zero attached hydrogens (tertiary/aromatic N) is 1. The van der Waals surface area contributed by atoms with Gasteiger partial charge in [-0.3, -0.25) is 9.59 Å². The molecule has 1 aliphatic heterocycles. The monoisotopic (exact) mass is 290 g/mol. The summed E-state index contributed by atoms with van der Waals surface area (Å²) in [6.07, 6.45) is 1.64. The molecule has 0 aromatic rings. The van der Waals surface area contributed by atoms with Gasteiger partial charge < -0.3 is 10.2 Å². The molecule has 1 N–H and O–H groups in total. The predicted octanol–water partition coefficient (Wildman–Crippen LogP) is -0.206. The minimum Gasteiger partial charge on any atom is -0.353 e. The molecule has 19 heavy (non-hydrogen) atoms. The van der Waals surface area contributed by atoms with Gasteiger partial charge in [0.05, 0.1) is 5.75 Å². The van der Waals surface area contributed by atoms with E-state index in [4.69, 9.17) is 0 Å². The summed E-state index contributed by atoms with van der Waals surface area (Å²) in [6.45, 7) is 4.85. The van der Waals surface area contributed by atoms with Gasteiger partial charge in [-0.1, -0.05) is 13.8 Å². The molecule has 0 aromatic carbocycles. The molecule has 0 aliphatic carbocycles. The van der Waals surface area contributed by atoms with E-state index in [0.29, 0.717) is 25.4 Å². The number of hydrogen-bond acceptors (Lipinski definition) is 4. The predicted molar refractivity (Wildman–Crippen MR) is 72.3 cm³/mol. The lowest BCUT2D eigenvalue weighted by atomic mass is 10.00. The van der Waals surface area contributed by atoms with E-state index in [1.54, 1.807) is 0 Å². The summed E-state index contributed by atoms with van der Waals surface area (Å²) >= 11 is 0. The molecule has 7 heteroatoms. The maximum atomic E-state index is 12.1. The average Bonchev–Trinajstić information content (AvgIpc) is 2.27. The Morgan fingerprint density at radius 3 is 2.63 bits per heavy atom. The number of sulfone groups is 1. The lowest BCUT2D eigenvalue weighted by Crippen LogP contribution is -2.57. The van der Waals surface area contributed by atoms with Crippen LogP contribution in [0.25, 0.3) is 0 Å². The Bertz CT molecular complexity index is 445. The molecule has 0 unspecified atom stereocenters. The van der Waals surface area contributed by atoms with Gasteiger partial charge >= 0.3 is 0 Å². The third-order valence-corrected chi connectivity index (χ3v) is 3.98. The number of hydrogen-bond donors (Lipinski definition) is 1. The molecule has 1 rings (SSSR count). The van der Waals surface area contributed by atoms with Crippen molar-refractivity contribution in [3.8, 4) is 0 Å². The molecule has 1 saturated heterocycles. The van der Waals surface area contributed by atoms with E-state index < -0.39 is 15.9 Å². The highest BCUT2D eigenvalue weighted by molar-refractivity contribution is 7.90. The topological polar surface area (TPSA) is 83.6 Å². The minimum absolute atomic E-state index is 0.0549. The fraction of sp³-hybridized carbons (Fsp3) is 0.833. The first-order chi connectivity index (χ1) is 8.70.